The number of halogens is 1. The number of hydrogen-bond donors (Lipinski definition) is 5. The highest BCUT2D eigenvalue weighted by atomic mass is 35.5. The van der Waals surface area contributed by atoms with Crippen molar-refractivity contribution in [2.75, 3.05) is 44.2 Å². The average Bonchev–Trinajstić information content (AvgIpc) is 3.35. The molecule has 4 saturated heterocycles. The normalized spacial score (nSPS) is 25.4. The first-order valence-corrected chi connectivity index (χ1v) is 18.2. The maximum Gasteiger partial charge on any atom is 0.352 e. The molecular formula is C31H35ClN7O9S2+. The molecule has 1 aromatic heterocycles. The van der Waals surface area contributed by atoms with Crippen LogP contribution in [0.25, 0.3) is 0 Å². The number of amides is 3. The van der Waals surface area contributed by atoms with Gasteiger partial charge in [0, 0.05) is 35.6 Å². The third-order valence-electron chi connectivity index (χ3n) is 9.59. The molecule has 5 aliphatic heterocycles. The van der Waals surface area contributed by atoms with Crippen molar-refractivity contribution < 1.29 is 48.6 Å². The van der Waals surface area contributed by atoms with Gasteiger partial charge in [0.15, 0.2) is 34.7 Å². The fourth-order valence-electron chi connectivity index (χ4n) is 6.85. The molecule has 6 N–H and O–H groups in total. The Balaban J connectivity index is 1.17. The summed E-state index contributed by atoms with van der Waals surface area (Å²) in [4.78, 5) is 76.6. The molecule has 16 nitrogen and oxygen atoms in total. The standard InChI is InChI=1S/C31H34ClN7O9S2/c1-2-17(12-40)48-36-22(19-14-50-31(33)34-19)26(43)35-23-28(45)38-24(30(46)47)15(13-49-29(23)38)11-39-8-5-16(6-9-39)37(7-10-39)27(44)18-3-4-20(41)25(42)21(18)32/h3-4,12,14,16-17,23,29H,2,5-11,13H2,1H3,(H5-,33,34,35,36,41,42,43,44,46,47)/p+1/t16?,17-,23+,29+,39?/m0/s1. The fourth-order valence-corrected chi connectivity index (χ4v) is 8.98. The SMILES string of the molecule is CC[C@@H](C=O)O/N=C(\C(=O)N[C@@H]1C(=O)N2C(C(=O)O)=C(C[N+]34CCC(CC3)N(C(=O)c3ccc(O)c(O)c3Cl)CC4)CS[C@H]12)c1csc(N)n1. The first-order valence-electron chi connectivity index (χ1n) is 15.9. The number of quaternary nitrogens is 1. The van der Waals surface area contributed by atoms with Crippen molar-refractivity contribution in [3.05, 3.63) is 45.1 Å². The topological polar surface area (TPSA) is 225 Å². The number of benzene rings is 1. The van der Waals surface area contributed by atoms with Gasteiger partial charge in [0.25, 0.3) is 17.7 Å². The summed E-state index contributed by atoms with van der Waals surface area (Å²) < 4.78 is 0.532. The van der Waals surface area contributed by atoms with Crippen LogP contribution in [-0.2, 0) is 24.0 Å². The predicted octanol–water partition coefficient (Wildman–Crippen LogP) is 1.36. The zero-order chi connectivity index (χ0) is 35.9. The Bertz CT molecular complexity index is 1810. The summed E-state index contributed by atoms with van der Waals surface area (Å²) in [6, 6.07) is 1.47. The molecule has 0 radical (unpaired) electrons. The van der Waals surface area contributed by atoms with E-state index in [1.54, 1.807) is 11.8 Å². The van der Waals surface area contributed by atoms with Crippen LogP contribution in [0, 0.1) is 0 Å². The molecule has 19 heteroatoms. The third kappa shape index (κ3) is 6.47. The van der Waals surface area contributed by atoms with Gasteiger partial charge >= 0.3 is 5.97 Å². The number of nitrogens with two attached hydrogens (primary N) is 1. The van der Waals surface area contributed by atoms with Crippen LogP contribution in [0.5, 0.6) is 11.5 Å². The number of nitrogens with zero attached hydrogens (tertiary/aromatic N) is 5. The number of nitrogen functional groups attached to an aromatic ring is 1. The number of aromatic nitrogens is 1. The van der Waals surface area contributed by atoms with Crippen LogP contribution in [0.2, 0.25) is 5.02 Å². The highest BCUT2D eigenvalue weighted by Gasteiger charge is 2.55. The second-order valence-electron chi connectivity index (χ2n) is 12.5. The first kappa shape index (κ1) is 35.4. The number of β-lactam (4-membered cyclic amide) rings is 1. The Hall–Kier alpha value is -4.39. The van der Waals surface area contributed by atoms with Gasteiger partial charge in [-0.1, -0.05) is 23.7 Å². The second-order valence-corrected chi connectivity index (χ2v) is 14.9. The van der Waals surface area contributed by atoms with E-state index in [4.69, 9.17) is 22.2 Å². The molecule has 0 aliphatic carbocycles. The van der Waals surface area contributed by atoms with E-state index < -0.39 is 46.8 Å². The number of oxime groups is 1. The third-order valence-corrected chi connectivity index (χ3v) is 12.0. The van der Waals surface area contributed by atoms with Gasteiger partial charge in [0.05, 0.1) is 36.8 Å². The number of carbonyl (C=O) groups is 5. The number of carbonyl (C=O) groups excluding carboxylic acids is 4. The highest BCUT2D eigenvalue weighted by Crippen LogP contribution is 2.42. The lowest BCUT2D eigenvalue weighted by Gasteiger charge is -2.50. The van der Waals surface area contributed by atoms with E-state index in [1.807, 2.05) is 0 Å². The summed E-state index contributed by atoms with van der Waals surface area (Å²) in [7, 11) is 0. The lowest BCUT2D eigenvalue weighted by molar-refractivity contribution is -0.924. The zero-order valence-electron chi connectivity index (χ0n) is 26.8. The average molecular weight is 749 g/mol. The van der Waals surface area contributed by atoms with Gasteiger partial charge in [0.1, 0.15) is 29.4 Å². The number of phenolic OH excluding ortho intramolecular Hbond substituents is 2. The van der Waals surface area contributed by atoms with Crippen LogP contribution in [-0.4, -0.2) is 132 Å². The van der Waals surface area contributed by atoms with Crippen molar-refractivity contribution in [2.24, 2.45) is 5.16 Å². The maximum atomic E-state index is 13.5. The number of nitrogens with one attached hydrogen (secondary N) is 1. The number of carboxylic acid groups (broad SMARTS) is 1. The molecule has 3 amide bonds. The van der Waals surface area contributed by atoms with Crippen LogP contribution in [0.15, 0.2) is 33.9 Å². The van der Waals surface area contributed by atoms with Crippen LogP contribution in [0.4, 0.5) is 5.13 Å². The number of phenols is 2. The van der Waals surface area contributed by atoms with E-state index >= 15 is 0 Å². The van der Waals surface area contributed by atoms with Crippen molar-refractivity contribution >= 4 is 75.5 Å². The number of thiazole rings is 1. The maximum absolute atomic E-state index is 13.5. The summed E-state index contributed by atoms with van der Waals surface area (Å²) in [5.41, 5.74) is 6.13. The molecule has 5 aliphatic rings. The van der Waals surface area contributed by atoms with E-state index in [-0.39, 0.29) is 44.8 Å². The Morgan fingerprint density at radius 3 is 2.64 bits per heavy atom. The van der Waals surface area contributed by atoms with Crippen molar-refractivity contribution in [3.8, 4) is 11.5 Å². The molecule has 2 aromatic rings. The Morgan fingerprint density at radius 1 is 1.26 bits per heavy atom. The molecule has 4 fully saturated rings. The molecule has 50 heavy (non-hydrogen) atoms. The number of aldehydes is 1. The van der Waals surface area contributed by atoms with Gasteiger partial charge in [-0.05, 0) is 18.6 Å². The summed E-state index contributed by atoms with van der Waals surface area (Å²) in [6.45, 7) is 4.36. The van der Waals surface area contributed by atoms with E-state index in [9.17, 15) is 39.3 Å². The van der Waals surface area contributed by atoms with Crippen LogP contribution < -0.4 is 11.1 Å². The van der Waals surface area contributed by atoms with Crippen LogP contribution in [0.3, 0.4) is 0 Å². The lowest BCUT2D eigenvalue weighted by Crippen LogP contribution is -2.71. The summed E-state index contributed by atoms with van der Waals surface area (Å²) in [6.07, 6.45) is 1.29. The summed E-state index contributed by atoms with van der Waals surface area (Å²) in [5.74, 6) is -3.67. The number of piperidine rings is 1. The van der Waals surface area contributed by atoms with E-state index in [0.29, 0.717) is 74.1 Å². The van der Waals surface area contributed by atoms with Crippen LogP contribution >= 0.6 is 34.7 Å². The van der Waals surface area contributed by atoms with Crippen LogP contribution in [0.1, 0.15) is 42.2 Å². The van der Waals surface area contributed by atoms with Gasteiger partial charge in [-0.2, -0.15) is 0 Å². The minimum Gasteiger partial charge on any atom is -0.504 e. The zero-order valence-corrected chi connectivity index (χ0v) is 29.2. The van der Waals surface area contributed by atoms with Gasteiger partial charge in [-0.25, -0.2) is 9.78 Å². The number of rotatable bonds is 11. The summed E-state index contributed by atoms with van der Waals surface area (Å²) >= 11 is 8.61. The van der Waals surface area contributed by atoms with E-state index in [2.05, 4.69) is 15.5 Å². The predicted molar refractivity (Wildman–Crippen MR) is 183 cm³/mol. The largest absolute Gasteiger partial charge is 0.504 e. The summed E-state index contributed by atoms with van der Waals surface area (Å²) in [5, 5.41) is 37.4. The van der Waals surface area contributed by atoms with Gasteiger partial charge in [-0.3, -0.25) is 24.1 Å². The molecule has 7 rings (SSSR count). The quantitative estimate of drug-likeness (QED) is 0.0549. The Morgan fingerprint density at radius 2 is 2.00 bits per heavy atom. The smallest absolute Gasteiger partial charge is 0.352 e. The highest BCUT2D eigenvalue weighted by molar-refractivity contribution is 8.00. The minimum atomic E-state index is -1.25. The second kappa shape index (κ2) is 14.1. The van der Waals surface area contributed by atoms with Crippen molar-refractivity contribution in [1.29, 1.82) is 0 Å². The molecule has 0 saturated carbocycles. The minimum absolute atomic E-state index is 0.0755. The first-order chi connectivity index (χ1) is 23.9. The number of hydrogen-bond acceptors (Lipinski definition) is 13. The molecular weight excluding hydrogens is 714 g/mol. The number of anilines is 1. The number of carboxylic acids is 1. The fraction of sp³-hybridized carbons (Fsp3) is 0.452. The molecule has 266 valence electrons. The Kier molecular flexibility index (Phi) is 9.98. The van der Waals surface area contributed by atoms with Gasteiger partial charge < -0.3 is 40.6 Å². The molecule has 3 atom stereocenters. The molecule has 1 aromatic carbocycles. The van der Waals surface area contributed by atoms with Crippen molar-refractivity contribution in [2.45, 2.75) is 49.7 Å². The molecule has 2 bridgehead atoms. The Labute approximate surface area is 299 Å². The van der Waals surface area contributed by atoms with Crippen molar-refractivity contribution in [1.82, 2.24) is 20.1 Å². The monoisotopic (exact) mass is 748 g/mol. The number of aromatic hydroxyl groups is 2. The van der Waals surface area contributed by atoms with Gasteiger partial charge in [0.2, 0.25) is 0 Å². The molecule has 6 heterocycles. The lowest BCUT2D eigenvalue weighted by atomic mass is 9.99. The van der Waals surface area contributed by atoms with E-state index in [1.165, 1.54) is 34.2 Å². The van der Waals surface area contributed by atoms with E-state index in [0.717, 1.165) is 11.3 Å². The van der Waals surface area contributed by atoms with Crippen molar-refractivity contribution in [3.63, 3.8) is 0 Å². The number of fused-ring (bicyclic) bond motifs is 5. The number of thioether (sulfide) groups is 1. The van der Waals surface area contributed by atoms with Gasteiger partial charge in [-0.15, -0.1) is 23.1 Å². The number of aliphatic carboxylic acids is 1. The molecule has 0 spiro atoms. The molecule has 0 unspecified atom stereocenters.